The lowest BCUT2D eigenvalue weighted by molar-refractivity contribution is 0.0703. The molecular weight excluding hydrogens is 326 g/mol. The number of hydrogen-bond acceptors (Lipinski definition) is 4. The molecule has 0 amide bonds. The van der Waals surface area contributed by atoms with Gasteiger partial charge in [-0.1, -0.05) is 30.7 Å². The fourth-order valence-electron chi connectivity index (χ4n) is 1.85. The summed E-state index contributed by atoms with van der Waals surface area (Å²) in [6, 6.07) is 9.03. The van der Waals surface area contributed by atoms with E-state index in [0.717, 1.165) is 16.4 Å². The molecule has 1 aromatic carbocycles. The zero-order valence-corrected chi connectivity index (χ0v) is 13.6. The average molecular weight is 338 g/mol. The molecule has 2 aromatic rings. The van der Waals surface area contributed by atoms with E-state index in [4.69, 9.17) is 11.6 Å². The molecule has 2 rings (SSSR count). The molecule has 1 heterocycles. The van der Waals surface area contributed by atoms with Gasteiger partial charge in [-0.25, -0.2) is 4.79 Å². The summed E-state index contributed by atoms with van der Waals surface area (Å²) in [7, 11) is 0. The van der Waals surface area contributed by atoms with Crippen molar-refractivity contribution in [1.29, 1.82) is 5.26 Å². The van der Waals surface area contributed by atoms with Crippen molar-refractivity contribution >= 4 is 40.7 Å². The highest BCUT2D eigenvalue weighted by Gasteiger charge is 2.23. The quantitative estimate of drug-likeness (QED) is 0.767. The van der Waals surface area contributed by atoms with Gasteiger partial charge in [-0.2, -0.15) is 5.26 Å². The van der Waals surface area contributed by atoms with Crippen molar-refractivity contribution in [3.63, 3.8) is 0 Å². The lowest BCUT2D eigenvalue weighted by Crippen LogP contribution is -1.95. The third kappa shape index (κ3) is 3.41. The molecule has 0 unspecified atom stereocenters. The Labute approximate surface area is 136 Å². The van der Waals surface area contributed by atoms with Crippen LogP contribution < -0.4 is 0 Å². The first kappa shape index (κ1) is 15.9. The van der Waals surface area contributed by atoms with E-state index in [0.29, 0.717) is 21.7 Å². The Hall–Kier alpha value is -1.48. The van der Waals surface area contributed by atoms with Gasteiger partial charge in [0, 0.05) is 10.6 Å². The average Bonchev–Trinajstić information content (AvgIpc) is 2.84. The Morgan fingerprint density at radius 3 is 2.62 bits per heavy atom. The van der Waals surface area contributed by atoms with Crippen LogP contribution in [0.3, 0.4) is 0 Å². The van der Waals surface area contributed by atoms with Crippen LogP contribution in [0.5, 0.6) is 0 Å². The van der Waals surface area contributed by atoms with E-state index < -0.39 is 5.97 Å². The summed E-state index contributed by atoms with van der Waals surface area (Å²) >= 11 is 8.56. The third-order valence-electron chi connectivity index (χ3n) is 2.75. The Kier molecular flexibility index (Phi) is 5.29. The van der Waals surface area contributed by atoms with Gasteiger partial charge in [0.1, 0.15) is 10.9 Å². The van der Waals surface area contributed by atoms with Crippen LogP contribution in [0.15, 0.2) is 28.5 Å². The van der Waals surface area contributed by atoms with Crippen LogP contribution in [0.2, 0.25) is 5.02 Å². The number of rotatable bonds is 5. The zero-order chi connectivity index (χ0) is 15.4. The van der Waals surface area contributed by atoms with E-state index in [1.165, 1.54) is 23.1 Å². The van der Waals surface area contributed by atoms with Gasteiger partial charge in [0.2, 0.25) is 0 Å². The van der Waals surface area contributed by atoms with Crippen molar-refractivity contribution in [2.75, 3.05) is 5.75 Å². The van der Waals surface area contributed by atoms with Gasteiger partial charge < -0.3 is 5.11 Å². The largest absolute Gasteiger partial charge is 0.477 e. The van der Waals surface area contributed by atoms with Crippen LogP contribution in [0.1, 0.15) is 28.6 Å². The van der Waals surface area contributed by atoms with Crippen LogP contribution >= 0.6 is 34.7 Å². The third-order valence-corrected chi connectivity index (χ3v) is 5.66. The lowest BCUT2D eigenvalue weighted by Gasteiger charge is -2.02. The van der Waals surface area contributed by atoms with Crippen molar-refractivity contribution in [3.05, 3.63) is 39.7 Å². The second-order valence-corrected chi connectivity index (χ2v) is 7.06. The molecule has 0 bridgehead atoms. The molecule has 0 atom stereocenters. The minimum atomic E-state index is -1.01. The molecule has 3 nitrogen and oxygen atoms in total. The fraction of sp³-hybridized carbons (Fsp3) is 0.200. The second-order valence-electron chi connectivity index (χ2n) is 4.24. The topological polar surface area (TPSA) is 61.1 Å². The predicted molar refractivity (Wildman–Crippen MR) is 87.5 cm³/mol. The summed E-state index contributed by atoms with van der Waals surface area (Å²) in [4.78, 5) is 11.7. The van der Waals surface area contributed by atoms with E-state index in [9.17, 15) is 15.2 Å². The number of hydrogen-bond donors (Lipinski definition) is 1. The maximum Gasteiger partial charge on any atom is 0.346 e. The van der Waals surface area contributed by atoms with Crippen LogP contribution in [0.25, 0.3) is 11.1 Å². The van der Waals surface area contributed by atoms with E-state index >= 15 is 0 Å². The molecule has 1 N–H and O–H groups in total. The number of carbonyl (C=O) groups is 1. The van der Waals surface area contributed by atoms with Gasteiger partial charge in [-0.05, 0) is 29.9 Å². The van der Waals surface area contributed by atoms with E-state index in [2.05, 4.69) is 6.07 Å². The van der Waals surface area contributed by atoms with Gasteiger partial charge in [0.25, 0.3) is 0 Å². The molecule has 0 fully saturated rings. The molecule has 6 heteroatoms. The number of thiophene rings is 1. The molecular formula is C15H12ClNO2S2. The summed E-state index contributed by atoms with van der Waals surface area (Å²) in [5.41, 5.74) is 1.64. The van der Waals surface area contributed by atoms with E-state index in [-0.39, 0.29) is 4.88 Å². The number of aromatic carboxylic acids is 1. The number of nitrogens with zero attached hydrogens (tertiary/aromatic N) is 1. The standard InChI is InChI=1S/C15H12ClNO2S2/c1-2-7-20-15-11(8-17)12(13(21-15)14(18)19)9-3-5-10(16)6-4-9/h3-6H,2,7H2,1H3,(H,18,19). The number of thioether (sulfide) groups is 1. The molecule has 0 spiro atoms. The first-order valence-electron chi connectivity index (χ1n) is 6.27. The maximum atomic E-state index is 11.5. The van der Waals surface area contributed by atoms with Crippen molar-refractivity contribution in [2.24, 2.45) is 0 Å². The highest BCUT2D eigenvalue weighted by molar-refractivity contribution is 8.01. The van der Waals surface area contributed by atoms with Gasteiger partial charge >= 0.3 is 5.97 Å². The Balaban J connectivity index is 2.61. The smallest absolute Gasteiger partial charge is 0.346 e. The monoisotopic (exact) mass is 337 g/mol. The summed E-state index contributed by atoms with van der Waals surface area (Å²) in [6.07, 6.45) is 0.964. The first-order valence-corrected chi connectivity index (χ1v) is 8.45. The molecule has 0 saturated carbocycles. The van der Waals surface area contributed by atoms with Crippen LogP contribution in [-0.4, -0.2) is 16.8 Å². The van der Waals surface area contributed by atoms with Gasteiger partial charge in [-0.15, -0.1) is 23.1 Å². The molecule has 0 aliphatic heterocycles. The second kappa shape index (κ2) is 6.99. The number of carboxylic acid groups (broad SMARTS) is 1. The minimum Gasteiger partial charge on any atom is -0.477 e. The highest BCUT2D eigenvalue weighted by atomic mass is 35.5. The lowest BCUT2D eigenvalue weighted by atomic mass is 10.0. The number of halogens is 1. The van der Waals surface area contributed by atoms with Gasteiger partial charge in [-0.3, -0.25) is 0 Å². The summed E-state index contributed by atoms with van der Waals surface area (Å²) in [5.74, 6) is -0.154. The molecule has 1 aromatic heterocycles. The van der Waals surface area contributed by atoms with Crippen molar-refractivity contribution in [2.45, 2.75) is 17.6 Å². The van der Waals surface area contributed by atoms with Crippen LogP contribution in [-0.2, 0) is 0 Å². The zero-order valence-electron chi connectivity index (χ0n) is 11.2. The minimum absolute atomic E-state index is 0.201. The summed E-state index contributed by atoms with van der Waals surface area (Å²) < 4.78 is 0.765. The molecule has 0 aliphatic rings. The summed E-state index contributed by atoms with van der Waals surface area (Å²) in [6.45, 7) is 2.05. The van der Waals surface area contributed by atoms with Crippen LogP contribution in [0.4, 0.5) is 0 Å². The van der Waals surface area contributed by atoms with Gasteiger partial charge in [0.15, 0.2) is 0 Å². The Morgan fingerprint density at radius 1 is 1.43 bits per heavy atom. The number of nitriles is 1. The Bertz CT molecular complexity index is 702. The van der Waals surface area contributed by atoms with Crippen molar-refractivity contribution in [1.82, 2.24) is 0 Å². The van der Waals surface area contributed by atoms with Gasteiger partial charge in [0.05, 0.1) is 9.77 Å². The van der Waals surface area contributed by atoms with E-state index in [1.807, 2.05) is 6.92 Å². The predicted octanol–water partition coefficient (Wildman–Crippen LogP) is 5.14. The number of carboxylic acids is 1. The number of benzene rings is 1. The molecule has 21 heavy (non-hydrogen) atoms. The fourth-order valence-corrected chi connectivity index (χ4v) is 4.24. The van der Waals surface area contributed by atoms with E-state index in [1.54, 1.807) is 24.3 Å². The molecule has 0 aliphatic carbocycles. The normalized spacial score (nSPS) is 10.3. The van der Waals surface area contributed by atoms with Crippen molar-refractivity contribution in [3.8, 4) is 17.2 Å². The van der Waals surface area contributed by atoms with Crippen molar-refractivity contribution < 1.29 is 9.90 Å². The SMILES string of the molecule is CCCSc1sc(C(=O)O)c(-c2ccc(Cl)cc2)c1C#N. The first-order chi connectivity index (χ1) is 10.1. The Morgan fingerprint density at radius 2 is 2.10 bits per heavy atom. The molecule has 108 valence electrons. The highest BCUT2D eigenvalue weighted by Crippen LogP contribution is 2.41. The summed E-state index contributed by atoms with van der Waals surface area (Å²) in [5, 5.41) is 19.4. The molecule has 0 saturated heterocycles. The maximum absolute atomic E-state index is 11.5. The molecule has 0 radical (unpaired) electrons. The van der Waals surface area contributed by atoms with Crippen LogP contribution in [0, 0.1) is 11.3 Å².